The molecule has 6 heteroatoms. The van der Waals surface area contributed by atoms with E-state index in [1.54, 1.807) is 46.0 Å². The van der Waals surface area contributed by atoms with Crippen LogP contribution in [0.3, 0.4) is 0 Å². The minimum absolute atomic E-state index is 0.170. The third-order valence-electron chi connectivity index (χ3n) is 2.25. The van der Waals surface area contributed by atoms with Crippen molar-refractivity contribution in [2.45, 2.75) is 39.3 Å². The summed E-state index contributed by atoms with van der Waals surface area (Å²) in [5.41, 5.74) is -0.597. The van der Waals surface area contributed by atoms with Crippen molar-refractivity contribution in [1.82, 2.24) is 4.98 Å². The molecule has 0 saturated carbocycles. The zero-order valence-corrected chi connectivity index (χ0v) is 13.1. The molecule has 5 nitrogen and oxygen atoms in total. The average Bonchev–Trinajstić information content (AvgIpc) is 2.29. The highest BCUT2D eigenvalue weighted by Gasteiger charge is 2.27. The molecule has 0 saturated heterocycles. The molecule has 1 aromatic rings. The van der Waals surface area contributed by atoms with Crippen LogP contribution in [0.15, 0.2) is 22.8 Å². The number of hydrogen-bond acceptors (Lipinski definition) is 4. The number of pyridine rings is 1. The van der Waals surface area contributed by atoms with Gasteiger partial charge in [0.15, 0.2) is 0 Å². The van der Waals surface area contributed by atoms with Crippen LogP contribution in [0.1, 0.15) is 27.7 Å². The summed E-state index contributed by atoms with van der Waals surface area (Å²) in [7, 11) is 0. The number of aromatic nitrogens is 1. The van der Waals surface area contributed by atoms with Gasteiger partial charge in [0.1, 0.15) is 11.4 Å². The molecular weight excluding hydrogens is 312 g/mol. The maximum absolute atomic E-state index is 12.2. The van der Waals surface area contributed by atoms with Gasteiger partial charge in [0.05, 0.1) is 12.6 Å². The molecule has 0 aliphatic rings. The van der Waals surface area contributed by atoms with Gasteiger partial charge >= 0.3 is 6.09 Å². The second-order valence-electron chi connectivity index (χ2n) is 5.22. The van der Waals surface area contributed by atoms with E-state index in [1.807, 2.05) is 0 Å². The largest absolute Gasteiger partial charge is 0.443 e. The number of carbonyl (C=O) groups is 1. The molecule has 0 radical (unpaired) electrons. The van der Waals surface area contributed by atoms with Crippen LogP contribution in [-0.2, 0) is 4.74 Å². The molecular formula is C13H19BrN2O3. The van der Waals surface area contributed by atoms with Crippen molar-refractivity contribution in [3.8, 4) is 0 Å². The number of amides is 1. The van der Waals surface area contributed by atoms with E-state index in [0.717, 1.165) is 4.47 Å². The lowest BCUT2D eigenvalue weighted by atomic mass is 10.2. The summed E-state index contributed by atoms with van der Waals surface area (Å²) in [6.07, 6.45) is 1.07. The van der Waals surface area contributed by atoms with Crippen molar-refractivity contribution in [2.24, 2.45) is 0 Å². The fourth-order valence-corrected chi connectivity index (χ4v) is 1.64. The van der Waals surface area contributed by atoms with E-state index in [-0.39, 0.29) is 6.61 Å². The first-order chi connectivity index (χ1) is 8.74. The van der Waals surface area contributed by atoms with E-state index in [1.165, 1.54) is 4.90 Å². The number of aliphatic hydroxyl groups is 1. The highest BCUT2D eigenvalue weighted by molar-refractivity contribution is 9.10. The minimum atomic E-state index is -0.597. The molecule has 1 heterocycles. The topological polar surface area (TPSA) is 62.7 Å². The van der Waals surface area contributed by atoms with E-state index in [2.05, 4.69) is 20.9 Å². The first-order valence-electron chi connectivity index (χ1n) is 5.99. The monoisotopic (exact) mass is 330 g/mol. The summed E-state index contributed by atoms with van der Waals surface area (Å²) >= 11 is 3.29. The van der Waals surface area contributed by atoms with Crippen molar-refractivity contribution in [1.29, 1.82) is 0 Å². The molecule has 1 unspecified atom stereocenters. The molecule has 1 aromatic heterocycles. The van der Waals surface area contributed by atoms with E-state index in [4.69, 9.17) is 4.74 Å². The molecule has 0 fully saturated rings. The Morgan fingerprint density at radius 3 is 2.58 bits per heavy atom. The van der Waals surface area contributed by atoms with Crippen molar-refractivity contribution in [3.63, 3.8) is 0 Å². The molecule has 1 rings (SSSR count). The van der Waals surface area contributed by atoms with Gasteiger partial charge in [-0.15, -0.1) is 0 Å². The number of halogens is 1. The Morgan fingerprint density at radius 1 is 1.53 bits per heavy atom. The van der Waals surface area contributed by atoms with Crippen molar-refractivity contribution >= 4 is 27.8 Å². The number of ether oxygens (including phenoxy) is 1. The highest BCUT2D eigenvalue weighted by atomic mass is 79.9. The number of aliphatic hydroxyl groups excluding tert-OH is 1. The standard InChI is InChI=1S/C13H19BrN2O3/c1-9(8-17)16(12(18)19-13(2,3)4)11-6-5-10(14)7-15-11/h5-7,9,17H,8H2,1-4H3. The minimum Gasteiger partial charge on any atom is -0.443 e. The second kappa shape index (κ2) is 6.34. The summed E-state index contributed by atoms with van der Waals surface area (Å²) in [5, 5.41) is 9.28. The summed E-state index contributed by atoms with van der Waals surface area (Å²) in [6, 6.07) is 3.06. The summed E-state index contributed by atoms with van der Waals surface area (Å²) in [4.78, 5) is 17.7. The maximum Gasteiger partial charge on any atom is 0.416 e. The van der Waals surface area contributed by atoms with Crippen LogP contribution in [0.25, 0.3) is 0 Å². The molecule has 0 aromatic carbocycles. The van der Waals surface area contributed by atoms with Crippen molar-refractivity contribution < 1.29 is 14.6 Å². The Kier molecular flexibility index (Phi) is 5.31. The Morgan fingerprint density at radius 2 is 2.16 bits per heavy atom. The van der Waals surface area contributed by atoms with Crippen LogP contribution in [-0.4, -0.2) is 34.4 Å². The molecule has 1 atom stereocenters. The molecule has 1 amide bonds. The predicted octanol–water partition coefficient (Wildman–Crippen LogP) is 2.97. The molecule has 0 spiro atoms. The third-order valence-corrected chi connectivity index (χ3v) is 2.72. The normalized spacial score (nSPS) is 12.9. The van der Waals surface area contributed by atoms with E-state index >= 15 is 0 Å². The highest BCUT2D eigenvalue weighted by Crippen LogP contribution is 2.20. The van der Waals surface area contributed by atoms with Gasteiger partial charge < -0.3 is 9.84 Å². The average molecular weight is 331 g/mol. The number of nitrogens with zero attached hydrogens (tertiary/aromatic N) is 2. The Hall–Kier alpha value is -1.14. The Labute approximate surface area is 121 Å². The molecule has 0 aliphatic carbocycles. The van der Waals surface area contributed by atoms with Crippen LogP contribution in [0.5, 0.6) is 0 Å². The summed E-state index contributed by atoms with van der Waals surface area (Å²) in [6.45, 7) is 6.94. The number of hydrogen-bond donors (Lipinski definition) is 1. The first kappa shape index (κ1) is 15.9. The van der Waals surface area contributed by atoms with E-state index in [9.17, 15) is 9.90 Å². The quantitative estimate of drug-likeness (QED) is 0.925. The lowest BCUT2D eigenvalue weighted by molar-refractivity contribution is 0.0554. The number of carbonyl (C=O) groups excluding carboxylic acids is 1. The van der Waals surface area contributed by atoms with Gasteiger partial charge in [0.25, 0.3) is 0 Å². The zero-order valence-electron chi connectivity index (χ0n) is 11.6. The van der Waals surface area contributed by atoms with Gasteiger partial charge in [-0.3, -0.25) is 4.90 Å². The molecule has 106 valence electrons. The summed E-state index contributed by atoms with van der Waals surface area (Å²) < 4.78 is 6.15. The van der Waals surface area contributed by atoms with Gasteiger partial charge in [0, 0.05) is 10.7 Å². The SMILES string of the molecule is CC(CO)N(C(=O)OC(C)(C)C)c1ccc(Br)cn1. The van der Waals surface area contributed by atoms with Gasteiger partial charge in [-0.1, -0.05) is 0 Å². The van der Waals surface area contributed by atoms with Crippen molar-refractivity contribution in [3.05, 3.63) is 22.8 Å². The number of anilines is 1. The molecule has 1 N–H and O–H groups in total. The molecule has 19 heavy (non-hydrogen) atoms. The van der Waals surface area contributed by atoms with Crippen LogP contribution in [0.4, 0.5) is 10.6 Å². The van der Waals surface area contributed by atoms with Gasteiger partial charge in [-0.05, 0) is 55.8 Å². The lowest BCUT2D eigenvalue weighted by Gasteiger charge is -2.30. The smallest absolute Gasteiger partial charge is 0.416 e. The van der Waals surface area contributed by atoms with Gasteiger partial charge in [0.2, 0.25) is 0 Å². The fraction of sp³-hybridized carbons (Fsp3) is 0.538. The molecule has 0 bridgehead atoms. The van der Waals surface area contributed by atoms with Crippen LogP contribution in [0.2, 0.25) is 0 Å². The van der Waals surface area contributed by atoms with Gasteiger partial charge in [-0.25, -0.2) is 9.78 Å². The number of rotatable bonds is 3. The van der Waals surface area contributed by atoms with Crippen LogP contribution < -0.4 is 4.90 Å². The first-order valence-corrected chi connectivity index (χ1v) is 6.78. The lowest BCUT2D eigenvalue weighted by Crippen LogP contribution is -2.44. The maximum atomic E-state index is 12.2. The Balaban J connectivity index is 3.01. The van der Waals surface area contributed by atoms with E-state index in [0.29, 0.717) is 5.82 Å². The Bertz CT molecular complexity index is 429. The molecule has 0 aliphatic heterocycles. The van der Waals surface area contributed by atoms with E-state index < -0.39 is 17.7 Å². The van der Waals surface area contributed by atoms with Crippen molar-refractivity contribution in [2.75, 3.05) is 11.5 Å². The summed E-state index contributed by atoms with van der Waals surface area (Å²) in [5.74, 6) is 0.444. The second-order valence-corrected chi connectivity index (χ2v) is 6.13. The van der Waals surface area contributed by atoms with Gasteiger partial charge in [-0.2, -0.15) is 0 Å². The zero-order chi connectivity index (χ0) is 14.6. The van der Waals surface area contributed by atoms with Crippen LogP contribution >= 0.6 is 15.9 Å². The third kappa shape index (κ3) is 4.80. The fourth-order valence-electron chi connectivity index (χ4n) is 1.40. The van der Waals surface area contributed by atoms with Crippen LogP contribution in [0, 0.1) is 0 Å². The predicted molar refractivity (Wildman–Crippen MR) is 77.2 cm³/mol.